The number of thiophene rings is 1. The molecular weight excluding hydrogens is 475 g/mol. The number of rotatable bonds is 2. The van der Waals surface area contributed by atoms with Crippen LogP contribution in [0.5, 0.6) is 0 Å². The number of halogens is 5. The van der Waals surface area contributed by atoms with E-state index in [1.807, 2.05) is 24.3 Å². The summed E-state index contributed by atoms with van der Waals surface area (Å²) in [4.78, 5) is 1.26. The van der Waals surface area contributed by atoms with E-state index in [9.17, 15) is 0 Å². The summed E-state index contributed by atoms with van der Waals surface area (Å²) in [7, 11) is 0. The Kier molecular flexibility index (Phi) is 5.01. The van der Waals surface area contributed by atoms with Crippen molar-refractivity contribution in [3.05, 3.63) is 53.0 Å². The molecule has 0 aliphatic rings. The Morgan fingerprint density at radius 2 is 1.76 bits per heavy atom. The van der Waals surface area contributed by atoms with E-state index in [2.05, 4.69) is 47.8 Å². The molecule has 1 unspecified atom stereocenters. The van der Waals surface area contributed by atoms with Crippen LogP contribution in [0.3, 0.4) is 0 Å². The van der Waals surface area contributed by atoms with Crippen molar-refractivity contribution in [3.8, 4) is 0 Å². The maximum absolute atomic E-state index is 6.04. The summed E-state index contributed by atoms with van der Waals surface area (Å²) < 4.78 is 2.58. The summed E-state index contributed by atoms with van der Waals surface area (Å²) in [5.74, 6) is 0. The van der Waals surface area contributed by atoms with E-state index in [1.54, 1.807) is 11.3 Å². The molecule has 1 aromatic heterocycles. The Bertz CT molecular complexity index is 534. The predicted octanol–water partition coefficient (Wildman–Crippen LogP) is 7.06. The minimum atomic E-state index is 0.116. The minimum Gasteiger partial charge on any atom is -0.126 e. The lowest BCUT2D eigenvalue weighted by Crippen LogP contribution is -1.89. The molecule has 0 aliphatic carbocycles. The van der Waals surface area contributed by atoms with Crippen molar-refractivity contribution in [2.45, 2.75) is 4.83 Å². The fraction of sp³-hybridized carbons (Fsp3) is 0.0909. The Morgan fingerprint density at radius 1 is 1.06 bits per heavy atom. The second-order valence-electron chi connectivity index (χ2n) is 3.31. The van der Waals surface area contributed by atoms with E-state index in [0.29, 0.717) is 5.02 Å². The van der Waals surface area contributed by atoms with E-state index < -0.39 is 0 Å². The Morgan fingerprint density at radius 3 is 2.29 bits per heavy atom. The van der Waals surface area contributed by atoms with Crippen molar-refractivity contribution in [3.63, 3.8) is 0 Å². The second kappa shape index (κ2) is 5.93. The van der Waals surface area contributed by atoms with Crippen molar-refractivity contribution in [2.75, 3.05) is 0 Å². The van der Waals surface area contributed by atoms with Gasteiger partial charge in [0.15, 0.2) is 0 Å². The average molecular weight is 480 g/mol. The highest BCUT2D eigenvalue weighted by Crippen LogP contribution is 2.42. The molecule has 17 heavy (non-hydrogen) atoms. The van der Waals surface area contributed by atoms with E-state index in [4.69, 9.17) is 23.2 Å². The van der Waals surface area contributed by atoms with Crippen molar-refractivity contribution >= 4 is 82.3 Å². The van der Waals surface area contributed by atoms with Crippen LogP contribution in [0, 0.1) is 0 Å². The molecule has 0 radical (unpaired) electrons. The molecule has 2 rings (SSSR count). The summed E-state index contributed by atoms with van der Waals surface area (Å²) in [5.41, 5.74) is 1.13. The van der Waals surface area contributed by atoms with Gasteiger partial charge >= 0.3 is 0 Å². The Hall–Kier alpha value is 0.940. The minimum absolute atomic E-state index is 0.116. The van der Waals surface area contributed by atoms with Gasteiger partial charge in [-0.3, -0.25) is 0 Å². The van der Waals surface area contributed by atoms with Gasteiger partial charge in [0, 0.05) is 13.8 Å². The lowest BCUT2D eigenvalue weighted by atomic mass is 10.1. The number of benzene rings is 1. The van der Waals surface area contributed by atoms with Crippen LogP contribution < -0.4 is 0 Å². The van der Waals surface area contributed by atoms with Crippen LogP contribution in [0.25, 0.3) is 0 Å². The van der Waals surface area contributed by atoms with Crippen LogP contribution in [0.1, 0.15) is 15.3 Å². The van der Waals surface area contributed by atoms with Crippen LogP contribution in [0.2, 0.25) is 9.36 Å². The van der Waals surface area contributed by atoms with E-state index in [-0.39, 0.29) is 4.83 Å². The standard InChI is InChI=1S/C11H5Br3Cl2S/c12-6-3-5(1-2-8(6)15)10(14)9-4-7(13)11(16)17-9/h1-4,10H. The van der Waals surface area contributed by atoms with Gasteiger partial charge in [-0.2, -0.15) is 0 Å². The fourth-order valence-corrected chi connectivity index (χ4v) is 4.28. The summed E-state index contributed by atoms with van der Waals surface area (Å²) >= 11 is 24.1. The fourth-order valence-electron chi connectivity index (χ4n) is 1.32. The maximum Gasteiger partial charge on any atom is 0.107 e. The lowest BCUT2D eigenvalue weighted by Gasteiger charge is -2.09. The molecule has 2 aromatic rings. The van der Waals surface area contributed by atoms with Gasteiger partial charge in [-0.1, -0.05) is 45.2 Å². The molecule has 0 saturated heterocycles. The van der Waals surface area contributed by atoms with Gasteiger partial charge in [-0.25, -0.2) is 0 Å². The molecule has 1 atom stereocenters. The average Bonchev–Trinajstić information content (AvgIpc) is 2.62. The monoisotopic (exact) mass is 476 g/mol. The van der Waals surface area contributed by atoms with Gasteiger partial charge in [0.2, 0.25) is 0 Å². The van der Waals surface area contributed by atoms with Crippen LogP contribution in [-0.4, -0.2) is 0 Å². The third kappa shape index (κ3) is 3.28. The number of alkyl halides is 1. The van der Waals surface area contributed by atoms with Crippen LogP contribution in [0.15, 0.2) is 33.2 Å². The smallest absolute Gasteiger partial charge is 0.107 e. The first-order valence-corrected chi connectivity index (χ1v) is 8.60. The molecule has 0 spiro atoms. The van der Waals surface area contributed by atoms with Gasteiger partial charge in [-0.15, -0.1) is 11.3 Å². The van der Waals surface area contributed by atoms with Crippen molar-refractivity contribution in [2.24, 2.45) is 0 Å². The number of hydrogen-bond donors (Lipinski definition) is 0. The zero-order chi connectivity index (χ0) is 12.6. The van der Waals surface area contributed by atoms with Crippen LogP contribution in [0.4, 0.5) is 0 Å². The van der Waals surface area contributed by atoms with E-state index in [1.165, 1.54) is 0 Å². The molecule has 0 aliphatic heterocycles. The van der Waals surface area contributed by atoms with Gasteiger partial charge < -0.3 is 0 Å². The van der Waals surface area contributed by atoms with Gasteiger partial charge in [0.1, 0.15) is 4.34 Å². The Labute approximate surface area is 139 Å². The highest BCUT2D eigenvalue weighted by atomic mass is 79.9. The third-order valence-electron chi connectivity index (χ3n) is 2.15. The topological polar surface area (TPSA) is 0 Å². The molecule has 0 amide bonds. The summed E-state index contributed by atoms with van der Waals surface area (Å²) in [6.45, 7) is 0. The zero-order valence-corrected chi connectivity index (χ0v) is 15.3. The molecule has 0 N–H and O–H groups in total. The first-order chi connectivity index (χ1) is 7.99. The van der Waals surface area contributed by atoms with E-state index in [0.717, 1.165) is 23.7 Å². The SMILES string of the molecule is Clc1ccc(C(Br)c2cc(Br)c(Cl)s2)cc1Br. The molecule has 0 bridgehead atoms. The molecule has 90 valence electrons. The first kappa shape index (κ1) is 14.4. The second-order valence-corrected chi connectivity index (χ2v) is 8.02. The van der Waals surface area contributed by atoms with Crippen molar-refractivity contribution in [1.29, 1.82) is 0 Å². The van der Waals surface area contributed by atoms with Gasteiger partial charge in [0.25, 0.3) is 0 Å². The van der Waals surface area contributed by atoms with Crippen molar-refractivity contribution < 1.29 is 0 Å². The van der Waals surface area contributed by atoms with Crippen LogP contribution in [-0.2, 0) is 0 Å². The largest absolute Gasteiger partial charge is 0.126 e. The first-order valence-electron chi connectivity index (χ1n) is 4.53. The van der Waals surface area contributed by atoms with Crippen LogP contribution >= 0.6 is 82.3 Å². The normalized spacial score (nSPS) is 12.8. The highest BCUT2D eigenvalue weighted by Gasteiger charge is 2.15. The lowest BCUT2D eigenvalue weighted by molar-refractivity contribution is 1.22. The molecular formula is C11H5Br3Cl2S. The zero-order valence-electron chi connectivity index (χ0n) is 8.18. The van der Waals surface area contributed by atoms with Crippen molar-refractivity contribution in [1.82, 2.24) is 0 Å². The quantitative estimate of drug-likeness (QED) is 0.404. The Balaban J connectivity index is 2.36. The predicted molar refractivity (Wildman–Crippen MR) is 87.0 cm³/mol. The number of hydrogen-bond acceptors (Lipinski definition) is 1. The summed E-state index contributed by atoms with van der Waals surface area (Å²) in [6, 6.07) is 7.89. The molecule has 6 heteroatoms. The summed E-state index contributed by atoms with van der Waals surface area (Å²) in [6.07, 6.45) is 0. The molecule has 0 fully saturated rings. The maximum atomic E-state index is 6.04. The van der Waals surface area contributed by atoms with Gasteiger partial charge in [-0.05, 0) is 55.6 Å². The third-order valence-corrected chi connectivity index (χ3v) is 7.23. The summed E-state index contributed by atoms with van der Waals surface area (Å²) in [5, 5.41) is 0.707. The molecule has 1 aromatic carbocycles. The van der Waals surface area contributed by atoms with E-state index >= 15 is 0 Å². The molecule has 1 heterocycles. The highest BCUT2D eigenvalue weighted by molar-refractivity contribution is 9.11. The van der Waals surface area contributed by atoms with Gasteiger partial charge in [0.05, 0.1) is 9.85 Å². The molecule has 0 saturated carbocycles. The molecule has 0 nitrogen and oxygen atoms in total.